The molecule has 2 heterocycles. The van der Waals surface area contributed by atoms with Crippen LogP contribution in [-0.2, 0) is 0 Å². The lowest BCUT2D eigenvalue weighted by molar-refractivity contribution is 0.892. The number of hydrogen-bond acceptors (Lipinski definition) is 4. The van der Waals surface area contributed by atoms with E-state index in [-0.39, 0.29) is 0 Å². The van der Waals surface area contributed by atoms with E-state index in [9.17, 15) is 0 Å². The molecule has 0 atom stereocenters. The summed E-state index contributed by atoms with van der Waals surface area (Å²) >= 11 is 0. The number of nitrogen functional groups attached to an aromatic ring is 2. The maximum atomic E-state index is 5.77. The van der Waals surface area contributed by atoms with Crippen molar-refractivity contribution in [1.29, 1.82) is 0 Å². The molecule has 0 aliphatic heterocycles. The maximum absolute atomic E-state index is 5.77. The molecule has 0 amide bonds. The summed E-state index contributed by atoms with van der Waals surface area (Å²) in [6.45, 7) is 0. The first kappa shape index (κ1) is 8.78. The molecule has 0 bridgehead atoms. The number of nitrogens with one attached hydrogen (secondary N) is 1. The first-order chi connectivity index (χ1) is 7.74. The molecule has 6 nitrogen and oxygen atoms in total. The third-order valence-corrected chi connectivity index (χ3v) is 2.40. The molecule has 80 valence electrons. The molecule has 0 aliphatic rings. The van der Waals surface area contributed by atoms with Gasteiger partial charge >= 0.3 is 0 Å². The molecular weight excluding hydrogens is 204 g/mol. The minimum atomic E-state index is 0.403. The Morgan fingerprint density at radius 3 is 2.81 bits per heavy atom. The minimum Gasteiger partial charge on any atom is -0.384 e. The first-order valence-corrected chi connectivity index (χ1v) is 4.79. The van der Waals surface area contributed by atoms with Gasteiger partial charge in [0.2, 0.25) is 0 Å². The van der Waals surface area contributed by atoms with Crippen LogP contribution in [-0.4, -0.2) is 19.7 Å². The van der Waals surface area contributed by atoms with E-state index in [0.29, 0.717) is 11.8 Å². The maximum Gasteiger partial charge on any atom is 0.198 e. The molecule has 0 aliphatic carbocycles. The number of imidazole rings is 1. The molecule has 1 aromatic carbocycles. The van der Waals surface area contributed by atoms with Crippen molar-refractivity contribution in [3.63, 3.8) is 0 Å². The number of aromatic nitrogens is 4. The molecule has 0 unspecified atom stereocenters. The van der Waals surface area contributed by atoms with E-state index < -0.39 is 0 Å². The van der Waals surface area contributed by atoms with Crippen LogP contribution in [0.4, 0.5) is 11.8 Å². The van der Waals surface area contributed by atoms with Crippen LogP contribution in [0.1, 0.15) is 0 Å². The van der Waals surface area contributed by atoms with E-state index in [4.69, 9.17) is 11.5 Å². The van der Waals surface area contributed by atoms with Crippen molar-refractivity contribution in [3.05, 3.63) is 30.5 Å². The fraction of sp³-hybridized carbons (Fsp3) is 0. The van der Waals surface area contributed by atoms with Gasteiger partial charge in [-0.2, -0.15) is 5.10 Å². The summed E-state index contributed by atoms with van der Waals surface area (Å²) in [5, 5.41) is 4.13. The number of nitrogens with two attached hydrogens (primary N) is 2. The zero-order chi connectivity index (χ0) is 11.1. The molecule has 0 saturated carbocycles. The van der Waals surface area contributed by atoms with Crippen LogP contribution in [0.2, 0.25) is 0 Å². The summed E-state index contributed by atoms with van der Waals surface area (Å²) in [6.07, 6.45) is 1.65. The fourth-order valence-electron chi connectivity index (χ4n) is 1.68. The second-order valence-corrected chi connectivity index (χ2v) is 3.49. The Labute approximate surface area is 90.9 Å². The molecule has 0 radical (unpaired) electrons. The lowest BCUT2D eigenvalue weighted by atomic mass is 10.3. The highest BCUT2D eigenvalue weighted by Crippen LogP contribution is 2.18. The largest absolute Gasteiger partial charge is 0.384 e. The highest BCUT2D eigenvalue weighted by molar-refractivity contribution is 5.79. The highest BCUT2D eigenvalue weighted by Gasteiger charge is 2.04. The van der Waals surface area contributed by atoms with Gasteiger partial charge in [0.1, 0.15) is 5.82 Å². The number of benzene rings is 1. The van der Waals surface area contributed by atoms with Crippen molar-refractivity contribution in [2.45, 2.75) is 0 Å². The number of H-pyrrole nitrogens is 1. The second-order valence-electron chi connectivity index (χ2n) is 3.49. The average molecular weight is 214 g/mol. The van der Waals surface area contributed by atoms with Crippen LogP contribution < -0.4 is 11.5 Å². The van der Waals surface area contributed by atoms with Crippen molar-refractivity contribution in [3.8, 4) is 5.69 Å². The van der Waals surface area contributed by atoms with E-state index in [2.05, 4.69) is 15.1 Å². The van der Waals surface area contributed by atoms with Crippen LogP contribution in [0.3, 0.4) is 0 Å². The molecule has 0 spiro atoms. The SMILES string of the molecule is Nc1nc2ccc(-n3nccc3N)cc2[nH]1. The smallest absolute Gasteiger partial charge is 0.198 e. The Morgan fingerprint density at radius 2 is 2.06 bits per heavy atom. The summed E-state index contributed by atoms with van der Waals surface area (Å²) in [5.74, 6) is 0.993. The molecule has 3 aromatic rings. The topological polar surface area (TPSA) is 98.5 Å². The van der Waals surface area contributed by atoms with Gasteiger partial charge < -0.3 is 16.5 Å². The van der Waals surface area contributed by atoms with Crippen molar-refractivity contribution in [1.82, 2.24) is 19.7 Å². The van der Waals surface area contributed by atoms with Gasteiger partial charge in [0.05, 0.1) is 22.9 Å². The summed E-state index contributed by atoms with van der Waals surface area (Å²) < 4.78 is 1.65. The van der Waals surface area contributed by atoms with Gasteiger partial charge in [-0.1, -0.05) is 0 Å². The number of rotatable bonds is 1. The zero-order valence-electron chi connectivity index (χ0n) is 8.38. The number of nitrogens with zero attached hydrogens (tertiary/aromatic N) is 3. The van der Waals surface area contributed by atoms with Gasteiger partial charge in [0, 0.05) is 6.07 Å². The van der Waals surface area contributed by atoms with Gasteiger partial charge in [0.25, 0.3) is 0 Å². The molecule has 5 N–H and O–H groups in total. The Balaban J connectivity index is 2.22. The molecular formula is C10H10N6. The van der Waals surface area contributed by atoms with Crippen molar-refractivity contribution in [2.24, 2.45) is 0 Å². The number of anilines is 2. The van der Waals surface area contributed by atoms with Gasteiger partial charge in [-0.3, -0.25) is 0 Å². The zero-order valence-corrected chi connectivity index (χ0v) is 8.38. The van der Waals surface area contributed by atoms with Gasteiger partial charge in [-0.25, -0.2) is 9.67 Å². The number of aromatic amines is 1. The van der Waals surface area contributed by atoms with E-state index in [1.54, 1.807) is 16.9 Å². The third-order valence-electron chi connectivity index (χ3n) is 2.40. The van der Waals surface area contributed by atoms with E-state index in [1.807, 2.05) is 18.2 Å². The predicted octanol–water partition coefficient (Wildman–Crippen LogP) is 0.913. The first-order valence-electron chi connectivity index (χ1n) is 4.79. The van der Waals surface area contributed by atoms with Crippen LogP contribution >= 0.6 is 0 Å². The minimum absolute atomic E-state index is 0.403. The van der Waals surface area contributed by atoms with Gasteiger partial charge in [-0.15, -0.1) is 0 Å². The van der Waals surface area contributed by atoms with Crippen LogP contribution in [0, 0.1) is 0 Å². The third kappa shape index (κ3) is 1.20. The Kier molecular flexibility index (Phi) is 1.64. The Hall–Kier alpha value is -2.50. The lowest BCUT2D eigenvalue weighted by Crippen LogP contribution is -2.01. The molecule has 6 heteroatoms. The molecule has 16 heavy (non-hydrogen) atoms. The van der Waals surface area contributed by atoms with E-state index in [1.165, 1.54) is 0 Å². The van der Waals surface area contributed by atoms with E-state index >= 15 is 0 Å². The quantitative estimate of drug-likeness (QED) is 0.560. The normalized spacial score (nSPS) is 11.0. The summed E-state index contributed by atoms with van der Waals surface area (Å²) in [5.41, 5.74) is 13.9. The summed E-state index contributed by atoms with van der Waals surface area (Å²) in [6, 6.07) is 7.41. The van der Waals surface area contributed by atoms with Crippen LogP contribution in [0.15, 0.2) is 30.5 Å². The summed E-state index contributed by atoms with van der Waals surface area (Å²) in [7, 11) is 0. The molecule has 0 saturated heterocycles. The van der Waals surface area contributed by atoms with Crippen molar-refractivity contribution < 1.29 is 0 Å². The van der Waals surface area contributed by atoms with Gasteiger partial charge in [0.15, 0.2) is 5.95 Å². The number of hydrogen-bond donors (Lipinski definition) is 3. The van der Waals surface area contributed by atoms with Gasteiger partial charge in [-0.05, 0) is 18.2 Å². The van der Waals surface area contributed by atoms with Crippen molar-refractivity contribution >= 4 is 22.8 Å². The second kappa shape index (κ2) is 2.99. The molecule has 3 rings (SSSR count). The highest BCUT2D eigenvalue weighted by atomic mass is 15.3. The lowest BCUT2D eigenvalue weighted by Gasteiger charge is -2.03. The number of fused-ring (bicyclic) bond motifs is 1. The average Bonchev–Trinajstić information content (AvgIpc) is 2.81. The Bertz CT molecular complexity index is 650. The predicted molar refractivity (Wildman–Crippen MR) is 62.0 cm³/mol. The van der Waals surface area contributed by atoms with E-state index in [0.717, 1.165) is 16.7 Å². The Morgan fingerprint density at radius 1 is 1.19 bits per heavy atom. The standard InChI is InChI=1S/C10H10N6/c11-9-3-4-13-16(9)6-1-2-7-8(5-6)15-10(12)14-7/h1-5H,11H2,(H3,12,14,15). The van der Waals surface area contributed by atoms with Crippen molar-refractivity contribution in [2.75, 3.05) is 11.5 Å². The molecule has 2 aromatic heterocycles. The summed E-state index contributed by atoms with van der Waals surface area (Å²) in [4.78, 5) is 7.08. The van der Waals surface area contributed by atoms with Crippen LogP contribution in [0.5, 0.6) is 0 Å². The van der Waals surface area contributed by atoms with Crippen LogP contribution in [0.25, 0.3) is 16.7 Å². The molecule has 0 fully saturated rings. The fourth-order valence-corrected chi connectivity index (χ4v) is 1.68. The monoisotopic (exact) mass is 214 g/mol.